The molecule has 0 N–H and O–H groups in total. The van der Waals surface area contributed by atoms with E-state index in [9.17, 15) is 0 Å². The van der Waals surface area contributed by atoms with Crippen LogP contribution in [0.3, 0.4) is 0 Å². The van der Waals surface area contributed by atoms with Gasteiger partial charge in [0.25, 0.3) is 0 Å². The first kappa shape index (κ1) is 29.3. The highest BCUT2D eigenvalue weighted by atomic mass is 16.5. The average Bonchev–Trinajstić information content (AvgIpc) is 3.60. The Labute approximate surface area is 296 Å². The molecule has 0 saturated heterocycles. The van der Waals surface area contributed by atoms with Gasteiger partial charge in [0, 0.05) is 27.6 Å². The summed E-state index contributed by atoms with van der Waals surface area (Å²) in [5.74, 6) is 2.87. The molecule has 4 heteroatoms. The maximum atomic E-state index is 6.81. The number of hydrogen-bond acceptors (Lipinski definition) is 4. The van der Waals surface area contributed by atoms with Crippen molar-refractivity contribution >= 4 is 27.1 Å². The molecule has 2 atom stereocenters. The standard InChI is InChI=1S/C47H31N3O/c1-3-13-30(14-4-1)31-25-27-33(28-26-31)36-22-12-24-42-43(36)41-29-40(37-20-9-10-21-38(37)44(41)51-42)47-49-45(34-16-5-2-6-17-34)48-46(50-47)39-23-11-18-32-15-7-8-19-35(32)39/h1-29,42-43H. The first-order valence-corrected chi connectivity index (χ1v) is 17.3. The van der Waals surface area contributed by atoms with Crippen LogP contribution in [0.5, 0.6) is 5.75 Å². The molecule has 7 aromatic carbocycles. The van der Waals surface area contributed by atoms with E-state index < -0.39 is 0 Å². The van der Waals surface area contributed by atoms with Crippen molar-refractivity contribution in [3.63, 3.8) is 0 Å². The van der Waals surface area contributed by atoms with Gasteiger partial charge < -0.3 is 4.74 Å². The molecule has 2 heterocycles. The number of fused-ring (bicyclic) bond motifs is 6. The molecule has 0 amide bonds. The van der Waals surface area contributed by atoms with Crippen LogP contribution in [-0.4, -0.2) is 21.1 Å². The minimum Gasteiger partial charge on any atom is -0.484 e. The fourth-order valence-electron chi connectivity index (χ4n) is 7.68. The summed E-state index contributed by atoms with van der Waals surface area (Å²) in [5, 5.41) is 4.35. The molecule has 240 valence electrons. The van der Waals surface area contributed by atoms with E-state index in [2.05, 4.69) is 158 Å². The quantitative estimate of drug-likeness (QED) is 0.185. The zero-order valence-electron chi connectivity index (χ0n) is 27.6. The highest BCUT2D eigenvalue weighted by Gasteiger charge is 2.39. The third kappa shape index (κ3) is 5.03. The monoisotopic (exact) mass is 653 g/mol. The zero-order valence-corrected chi connectivity index (χ0v) is 27.6. The number of allylic oxidation sites excluding steroid dienone is 2. The molecular formula is C47H31N3O. The zero-order chi connectivity index (χ0) is 33.7. The van der Waals surface area contributed by atoms with E-state index in [1.54, 1.807) is 0 Å². The van der Waals surface area contributed by atoms with Crippen molar-refractivity contribution in [1.29, 1.82) is 0 Å². The highest BCUT2D eigenvalue weighted by molar-refractivity contribution is 6.02. The summed E-state index contributed by atoms with van der Waals surface area (Å²) in [5.41, 5.74) is 8.85. The fourth-order valence-corrected chi connectivity index (χ4v) is 7.68. The molecule has 1 aliphatic carbocycles. The predicted octanol–water partition coefficient (Wildman–Crippen LogP) is 11.3. The van der Waals surface area contributed by atoms with Gasteiger partial charge in [-0.25, -0.2) is 15.0 Å². The second-order valence-electron chi connectivity index (χ2n) is 13.1. The molecule has 0 fully saturated rings. The van der Waals surface area contributed by atoms with E-state index in [0.717, 1.165) is 49.5 Å². The Balaban J connectivity index is 1.16. The van der Waals surface area contributed by atoms with Crippen molar-refractivity contribution in [1.82, 2.24) is 15.0 Å². The maximum Gasteiger partial charge on any atom is 0.164 e. The van der Waals surface area contributed by atoms with E-state index in [1.807, 2.05) is 18.2 Å². The van der Waals surface area contributed by atoms with Crippen molar-refractivity contribution in [2.45, 2.75) is 12.0 Å². The van der Waals surface area contributed by atoms with Crippen molar-refractivity contribution in [2.24, 2.45) is 0 Å². The van der Waals surface area contributed by atoms with E-state index in [0.29, 0.717) is 17.5 Å². The molecule has 10 rings (SSSR count). The topological polar surface area (TPSA) is 47.9 Å². The van der Waals surface area contributed by atoms with Gasteiger partial charge in [-0.15, -0.1) is 0 Å². The Morgan fingerprint density at radius 2 is 1.04 bits per heavy atom. The number of hydrogen-bond donors (Lipinski definition) is 0. The van der Waals surface area contributed by atoms with Crippen molar-refractivity contribution < 1.29 is 4.74 Å². The molecule has 0 saturated carbocycles. The number of aromatic nitrogens is 3. The van der Waals surface area contributed by atoms with Crippen LogP contribution in [0, 0.1) is 0 Å². The van der Waals surface area contributed by atoms with Gasteiger partial charge in [0.05, 0.1) is 5.92 Å². The molecule has 8 aromatic rings. The summed E-state index contributed by atoms with van der Waals surface area (Å²) in [4.78, 5) is 15.5. The van der Waals surface area contributed by atoms with E-state index in [-0.39, 0.29) is 12.0 Å². The molecule has 1 aliphatic heterocycles. The second kappa shape index (κ2) is 12.0. The Morgan fingerprint density at radius 1 is 0.451 bits per heavy atom. The summed E-state index contributed by atoms with van der Waals surface area (Å²) in [6.07, 6.45) is 6.43. The Hall–Kier alpha value is -6.65. The molecular weight excluding hydrogens is 623 g/mol. The lowest BCUT2D eigenvalue weighted by molar-refractivity contribution is 0.274. The van der Waals surface area contributed by atoms with Gasteiger partial charge in [0.1, 0.15) is 11.9 Å². The molecule has 0 radical (unpaired) electrons. The van der Waals surface area contributed by atoms with Gasteiger partial charge in [-0.2, -0.15) is 0 Å². The number of ether oxygens (including phenoxy) is 1. The van der Waals surface area contributed by atoms with Gasteiger partial charge in [-0.3, -0.25) is 0 Å². The Kier molecular flexibility index (Phi) is 6.91. The van der Waals surface area contributed by atoms with E-state index in [1.165, 1.54) is 22.3 Å². The lowest BCUT2D eigenvalue weighted by Gasteiger charge is -2.23. The number of nitrogens with zero attached hydrogens (tertiary/aromatic N) is 3. The van der Waals surface area contributed by atoms with Gasteiger partial charge in [0.2, 0.25) is 0 Å². The number of benzene rings is 7. The maximum absolute atomic E-state index is 6.81. The molecule has 1 aromatic heterocycles. The molecule has 2 unspecified atom stereocenters. The fraction of sp³-hybridized carbons (Fsp3) is 0.0426. The van der Waals surface area contributed by atoms with Crippen molar-refractivity contribution in [2.75, 3.05) is 0 Å². The van der Waals surface area contributed by atoms with Gasteiger partial charge in [-0.05, 0) is 50.6 Å². The SMILES string of the molecule is C1=CC2Oc3c(cc(-c4nc(-c5ccccc5)nc(-c5cccc6ccccc56)n4)c4ccccc34)C2C(c2ccc(-c3ccccc3)cc2)=C1. The molecule has 51 heavy (non-hydrogen) atoms. The lowest BCUT2D eigenvalue weighted by atomic mass is 9.80. The number of rotatable bonds is 5. The summed E-state index contributed by atoms with van der Waals surface area (Å²) < 4.78 is 6.81. The van der Waals surface area contributed by atoms with Gasteiger partial charge >= 0.3 is 0 Å². The Morgan fingerprint density at radius 3 is 1.82 bits per heavy atom. The van der Waals surface area contributed by atoms with Crippen LogP contribution in [0.1, 0.15) is 17.0 Å². The third-order valence-electron chi connectivity index (χ3n) is 10.1. The van der Waals surface area contributed by atoms with E-state index >= 15 is 0 Å². The summed E-state index contributed by atoms with van der Waals surface area (Å²) >= 11 is 0. The minimum absolute atomic E-state index is 0.0175. The van der Waals surface area contributed by atoms with Crippen molar-refractivity contribution in [3.8, 4) is 51.0 Å². The van der Waals surface area contributed by atoms with Gasteiger partial charge in [-0.1, -0.05) is 164 Å². The van der Waals surface area contributed by atoms with Crippen LogP contribution in [-0.2, 0) is 0 Å². The highest BCUT2D eigenvalue weighted by Crippen LogP contribution is 2.52. The largest absolute Gasteiger partial charge is 0.484 e. The molecule has 0 spiro atoms. The third-order valence-corrected chi connectivity index (χ3v) is 10.1. The summed E-state index contributed by atoms with van der Waals surface area (Å²) in [6, 6.07) is 55.0. The molecule has 0 bridgehead atoms. The smallest absolute Gasteiger partial charge is 0.164 e. The summed E-state index contributed by atoms with van der Waals surface area (Å²) in [6.45, 7) is 0. The summed E-state index contributed by atoms with van der Waals surface area (Å²) in [7, 11) is 0. The van der Waals surface area contributed by atoms with Crippen LogP contribution < -0.4 is 4.74 Å². The minimum atomic E-state index is -0.114. The van der Waals surface area contributed by atoms with Crippen LogP contribution in [0.4, 0.5) is 0 Å². The first-order chi connectivity index (χ1) is 25.3. The first-order valence-electron chi connectivity index (χ1n) is 17.3. The average molecular weight is 654 g/mol. The molecule has 2 aliphatic rings. The predicted molar refractivity (Wildman–Crippen MR) is 207 cm³/mol. The Bertz CT molecular complexity index is 2660. The van der Waals surface area contributed by atoms with Crippen LogP contribution in [0.2, 0.25) is 0 Å². The van der Waals surface area contributed by atoms with Crippen LogP contribution in [0.15, 0.2) is 176 Å². The van der Waals surface area contributed by atoms with E-state index in [4.69, 9.17) is 19.7 Å². The second-order valence-corrected chi connectivity index (χ2v) is 13.1. The van der Waals surface area contributed by atoms with Crippen LogP contribution in [0.25, 0.3) is 72.4 Å². The molecule has 4 nitrogen and oxygen atoms in total. The van der Waals surface area contributed by atoms with Crippen molar-refractivity contribution in [3.05, 3.63) is 187 Å². The van der Waals surface area contributed by atoms with Crippen LogP contribution >= 0.6 is 0 Å². The lowest BCUT2D eigenvalue weighted by Crippen LogP contribution is -2.19. The normalized spacial score (nSPS) is 16.0. The van der Waals surface area contributed by atoms with Gasteiger partial charge in [0.15, 0.2) is 17.5 Å².